The van der Waals surface area contributed by atoms with Gasteiger partial charge in [0, 0.05) is 17.8 Å². The summed E-state index contributed by atoms with van der Waals surface area (Å²) in [5.41, 5.74) is 0.134. The summed E-state index contributed by atoms with van der Waals surface area (Å²) in [5.74, 6) is 0.889. The van der Waals surface area contributed by atoms with Gasteiger partial charge >= 0.3 is 6.18 Å². The molecule has 158 valence electrons. The molecule has 1 aliphatic rings. The number of nitrogens with one attached hydrogen (secondary N) is 1. The van der Waals surface area contributed by atoms with Crippen LogP contribution in [0, 0.1) is 0 Å². The smallest absolute Gasteiger partial charge is 0.435 e. The molecule has 0 fully saturated rings. The molecule has 0 saturated carbocycles. The molecule has 29 heavy (non-hydrogen) atoms. The molecule has 1 aromatic heterocycles. The van der Waals surface area contributed by atoms with Crippen LogP contribution in [0.3, 0.4) is 0 Å². The second kappa shape index (κ2) is 9.19. The Bertz CT molecular complexity index is 832. The van der Waals surface area contributed by atoms with Crippen molar-refractivity contribution < 1.29 is 27.4 Å². The first kappa shape index (κ1) is 21.0. The van der Waals surface area contributed by atoms with E-state index < -0.39 is 11.9 Å². The summed E-state index contributed by atoms with van der Waals surface area (Å²) in [5, 5.41) is 6.43. The average Bonchev–Trinajstić information content (AvgIpc) is 3.07. The van der Waals surface area contributed by atoms with Crippen molar-refractivity contribution in [2.45, 2.75) is 45.3 Å². The zero-order valence-corrected chi connectivity index (χ0v) is 16.2. The SMILES string of the molecule is CCOc1ccc(OCC(=O)NCCn2nc(C(F)(F)F)c3c2CCCC3)cc1. The summed E-state index contributed by atoms with van der Waals surface area (Å²) < 4.78 is 51.7. The minimum Gasteiger partial charge on any atom is -0.494 e. The van der Waals surface area contributed by atoms with Crippen molar-refractivity contribution in [3.8, 4) is 11.5 Å². The number of ether oxygens (including phenoxy) is 2. The number of aromatic nitrogens is 2. The van der Waals surface area contributed by atoms with Crippen molar-refractivity contribution in [1.82, 2.24) is 15.1 Å². The first-order valence-corrected chi connectivity index (χ1v) is 9.66. The Hall–Kier alpha value is -2.71. The van der Waals surface area contributed by atoms with Gasteiger partial charge in [0.05, 0.1) is 13.2 Å². The van der Waals surface area contributed by atoms with E-state index in [2.05, 4.69) is 10.4 Å². The number of halogens is 3. The van der Waals surface area contributed by atoms with Gasteiger partial charge in [-0.1, -0.05) is 0 Å². The van der Waals surface area contributed by atoms with E-state index in [9.17, 15) is 18.0 Å². The van der Waals surface area contributed by atoms with Gasteiger partial charge in [-0.25, -0.2) is 0 Å². The maximum absolute atomic E-state index is 13.2. The second-order valence-electron chi connectivity index (χ2n) is 6.74. The number of carbonyl (C=O) groups is 1. The van der Waals surface area contributed by atoms with Gasteiger partial charge in [-0.3, -0.25) is 9.48 Å². The van der Waals surface area contributed by atoms with E-state index in [1.165, 1.54) is 4.68 Å². The zero-order chi connectivity index (χ0) is 20.9. The van der Waals surface area contributed by atoms with Gasteiger partial charge in [-0.2, -0.15) is 18.3 Å². The zero-order valence-electron chi connectivity index (χ0n) is 16.2. The number of benzene rings is 1. The molecule has 6 nitrogen and oxygen atoms in total. The second-order valence-corrected chi connectivity index (χ2v) is 6.74. The summed E-state index contributed by atoms with van der Waals surface area (Å²) in [6.45, 7) is 2.63. The number of alkyl halides is 3. The van der Waals surface area contributed by atoms with Crippen LogP contribution in [0.1, 0.15) is 36.7 Å². The van der Waals surface area contributed by atoms with Crippen LogP contribution >= 0.6 is 0 Å². The molecule has 1 heterocycles. The molecule has 0 spiro atoms. The van der Waals surface area contributed by atoms with E-state index in [-0.39, 0.29) is 25.6 Å². The molecule has 1 aliphatic carbocycles. The standard InChI is InChI=1S/C20H24F3N3O3/c1-2-28-14-7-9-15(10-8-14)29-13-18(27)24-11-12-26-17-6-4-3-5-16(17)19(25-26)20(21,22)23/h7-10H,2-6,11-13H2,1H3,(H,24,27). The highest BCUT2D eigenvalue weighted by Gasteiger charge is 2.39. The van der Waals surface area contributed by atoms with Crippen LogP contribution in [0.15, 0.2) is 24.3 Å². The minimum atomic E-state index is -4.46. The maximum atomic E-state index is 13.2. The van der Waals surface area contributed by atoms with Crippen molar-refractivity contribution in [3.05, 3.63) is 41.2 Å². The van der Waals surface area contributed by atoms with Gasteiger partial charge in [0.1, 0.15) is 11.5 Å². The van der Waals surface area contributed by atoms with Crippen molar-refractivity contribution in [2.24, 2.45) is 0 Å². The molecule has 3 rings (SSSR count). The van der Waals surface area contributed by atoms with E-state index in [1.807, 2.05) is 6.92 Å². The Labute approximate surface area is 167 Å². The number of carbonyl (C=O) groups excluding carboxylic acids is 1. The van der Waals surface area contributed by atoms with E-state index in [4.69, 9.17) is 9.47 Å². The van der Waals surface area contributed by atoms with E-state index in [1.54, 1.807) is 24.3 Å². The van der Waals surface area contributed by atoms with Crippen LogP contribution in [0.4, 0.5) is 13.2 Å². The number of hydrogen-bond acceptors (Lipinski definition) is 4. The highest BCUT2D eigenvalue weighted by atomic mass is 19.4. The van der Waals surface area contributed by atoms with Crippen molar-refractivity contribution in [1.29, 1.82) is 0 Å². The molecule has 2 aromatic rings. The molecule has 0 atom stereocenters. The Balaban J connectivity index is 1.49. The molecule has 0 aliphatic heterocycles. The van der Waals surface area contributed by atoms with Crippen LogP contribution in [0.2, 0.25) is 0 Å². The van der Waals surface area contributed by atoms with Gasteiger partial charge in [0.25, 0.3) is 5.91 Å². The maximum Gasteiger partial charge on any atom is 0.435 e. The first-order valence-electron chi connectivity index (χ1n) is 9.66. The van der Waals surface area contributed by atoms with Gasteiger partial charge in [-0.15, -0.1) is 0 Å². The summed E-state index contributed by atoms with van der Waals surface area (Å²) in [6.07, 6.45) is -1.90. The monoisotopic (exact) mass is 411 g/mol. The fourth-order valence-electron chi connectivity index (χ4n) is 3.38. The lowest BCUT2D eigenvalue weighted by Crippen LogP contribution is -2.32. The molecular weight excluding hydrogens is 387 g/mol. The predicted octanol–water partition coefficient (Wildman–Crippen LogP) is 3.37. The third kappa shape index (κ3) is 5.42. The fraction of sp³-hybridized carbons (Fsp3) is 0.500. The van der Waals surface area contributed by atoms with E-state index in [0.29, 0.717) is 42.2 Å². The highest BCUT2D eigenvalue weighted by molar-refractivity contribution is 5.77. The quantitative estimate of drug-likeness (QED) is 0.723. The van der Waals surface area contributed by atoms with Crippen LogP contribution in [-0.2, 0) is 30.4 Å². The molecule has 0 radical (unpaired) electrons. The molecule has 0 unspecified atom stereocenters. The first-order chi connectivity index (χ1) is 13.9. The summed E-state index contributed by atoms with van der Waals surface area (Å²) in [6, 6.07) is 6.89. The fourth-order valence-corrected chi connectivity index (χ4v) is 3.38. The van der Waals surface area contributed by atoms with Crippen molar-refractivity contribution >= 4 is 5.91 Å². The Morgan fingerprint density at radius 3 is 2.45 bits per heavy atom. The lowest BCUT2D eigenvalue weighted by atomic mass is 9.95. The average molecular weight is 411 g/mol. The van der Waals surface area contributed by atoms with Gasteiger partial charge in [-0.05, 0) is 56.9 Å². The van der Waals surface area contributed by atoms with Crippen LogP contribution in [0.25, 0.3) is 0 Å². The van der Waals surface area contributed by atoms with Gasteiger partial charge < -0.3 is 14.8 Å². The third-order valence-electron chi connectivity index (χ3n) is 4.68. The normalized spacial score (nSPS) is 13.7. The molecule has 1 amide bonds. The van der Waals surface area contributed by atoms with Gasteiger partial charge in [0.15, 0.2) is 12.3 Å². The van der Waals surface area contributed by atoms with Crippen LogP contribution < -0.4 is 14.8 Å². The number of amides is 1. The minimum absolute atomic E-state index is 0.177. The summed E-state index contributed by atoms with van der Waals surface area (Å²) in [4.78, 5) is 12.0. The largest absolute Gasteiger partial charge is 0.494 e. The Morgan fingerprint density at radius 2 is 1.79 bits per heavy atom. The Morgan fingerprint density at radius 1 is 1.14 bits per heavy atom. The van der Waals surface area contributed by atoms with Gasteiger partial charge in [0.2, 0.25) is 0 Å². The summed E-state index contributed by atoms with van der Waals surface area (Å²) >= 11 is 0. The third-order valence-corrected chi connectivity index (χ3v) is 4.68. The predicted molar refractivity (Wildman–Crippen MR) is 100.0 cm³/mol. The number of fused-ring (bicyclic) bond motifs is 1. The lowest BCUT2D eigenvalue weighted by Gasteiger charge is -2.15. The molecule has 9 heteroatoms. The molecule has 0 saturated heterocycles. The lowest BCUT2D eigenvalue weighted by molar-refractivity contribution is -0.142. The van der Waals surface area contributed by atoms with Crippen LogP contribution in [-0.4, -0.2) is 35.4 Å². The number of hydrogen-bond donors (Lipinski definition) is 1. The van der Waals surface area contributed by atoms with Crippen molar-refractivity contribution in [2.75, 3.05) is 19.8 Å². The number of rotatable bonds is 8. The molecule has 0 bridgehead atoms. The topological polar surface area (TPSA) is 65.4 Å². The molecule has 1 N–H and O–H groups in total. The highest BCUT2D eigenvalue weighted by Crippen LogP contribution is 2.35. The Kier molecular flexibility index (Phi) is 6.66. The van der Waals surface area contributed by atoms with Crippen LogP contribution in [0.5, 0.6) is 11.5 Å². The molecular formula is C20H24F3N3O3. The molecule has 1 aromatic carbocycles. The van der Waals surface area contributed by atoms with E-state index >= 15 is 0 Å². The van der Waals surface area contributed by atoms with Crippen molar-refractivity contribution in [3.63, 3.8) is 0 Å². The summed E-state index contributed by atoms with van der Waals surface area (Å²) in [7, 11) is 0. The van der Waals surface area contributed by atoms with E-state index in [0.717, 1.165) is 12.8 Å². The number of nitrogens with zero attached hydrogens (tertiary/aromatic N) is 2.